The highest BCUT2D eigenvalue weighted by Gasteiger charge is 2.09. The summed E-state index contributed by atoms with van der Waals surface area (Å²) < 4.78 is 17.9. The highest BCUT2D eigenvalue weighted by molar-refractivity contribution is 7.99. The van der Waals surface area contributed by atoms with Gasteiger partial charge in [0.25, 0.3) is 0 Å². The number of furan rings is 1. The minimum Gasteiger partial charge on any atom is -0.493 e. The molecule has 3 aromatic rings. The molecule has 7 nitrogen and oxygen atoms in total. The Labute approximate surface area is 168 Å². The molecule has 148 valence electrons. The van der Waals surface area contributed by atoms with Crippen LogP contribution in [0.2, 0.25) is 0 Å². The molecular weight excluding hydrogens is 378 g/mol. The number of thioether (sulfide) groups is 1. The van der Waals surface area contributed by atoms with E-state index < -0.39 is 0 Å². The van der Waals surface area contributed by atoms with Gasteiger partial charge < -0.3 is 23.8 Å². The summed E-state index contributed by atoms with van der Waals surface area (Å²) in [5.41, 5.74) is 1.07. The summed E-state index contributed by atoms with van der Waals surface area (Å²) in [6.45, 7) is 1.14. The van der Waals surface area contributed by atoms with E-state index in [0.29, 0.717) is 36.8 Å². The van der Waals surface area contributed by atoms with E-state index in [1.54, 1.807) is 26.7 Å². The number of amides is 1. The summed E-state index contributed by atoms with van der Waals surface area (Å²) in [6.07, 6.45) is 5.95. The molecule has 1 amide bonds. The van der Waals surface area contributed by atoms with Crippen LogP contribution in [0.1, 0.15) is 11.3 Å². The molecule has 0 aliphatic carbocycles. The number of imidazole rings is 1. The van der Waals surface area contributed by atoms with Crippen molar-refractivity contribution in [2.24, 2.45) is 0 Å². The Bertz CT molecular complexity index is 893. The third-order valence-corrected chi connectivity index (χ3v) is 5.10. The van der Waals surface area contributed by atoms with Gasteiger partial charge in [-0.15, -0.1) is 0 Å². The fourth-order valence-corrected chi connectivity index (χ4v) is 3.48. The van der Waals surface area contributed by atoms with Crippen molar-refractivity contribution in [1.29, 1.82) is 0 Å². The van der Waals surface area contributed by atoms with Gasteiger partial charge in [0.05, 0.1) is 32.8 Å². The summed E-state index contributed by atoms with van der Waals surface area (Å²) in [7, 11) is 3.21. The molecule has 1 aromatic carbocycles. The molecule has 0 spiro atoms. The molecule has 0 radical (unpaired) electrons. The van der Waals surface area contributed by atoms with Crippen molar-refractivity contribution in [2.45, 2.75) is 18.1 Å². The van der Waals surface area contributed by atoms with Crippen LogP contribution in [0.5, 0.6) is 11.5 Å². The number of nitrogens with one attached hydrogen (secondary N) is 1. The van der Waals surface area contributed by atoms with Crippen LogP contribution in [0.3, 0.4) is 0 Å². The molecule has 1 N–H and O–H groups in total. The lowest BCUT2D eigenvalue weighted by Gasteiger charge is -2.10. The standard InChI is InChI=1S/C20H23N3O4S/c1-25-17-6-5-15(12-18(17)26-2)7-8-21-19(24)14-28-20-22-9-10-23(20)13-16-4-3-11-27-16/h3-6,9-12H,7-8,13-14H2,1-2H3,(H,21,24). The van der Waals surface area contributed by atoms with E-state index in [1.807, 2.05) is 41.1 Å². The van der Waals surface area contributed by atoms with E-state index in [4.69, 9.17) is 13.9 Å². The first-order chi connectivity index (χ1) is 13.7. The van der Waals surface area contributed by atoms with E-state index in [1.165, 1.54) is 11.8 Å². The minimum absolute atomic E-state index is 0.0296. The molecule has 0 aliphatic rings. The van der Waals surface area contributed by atoms with Crippen molar-refractivity contribution in [3.05, 3.63) is 60.3 Å². The number of benzene rings is 1. The molecule has 0 saturated heterocycles. The van der Waals surface area contributed by atoms with Gasteiger partial charge in [0.15, 0.2) is 16.7 Å². The van der Waals surface area contributed by atoms with Crippen LogP contribution >= 0.6 is 11.8 Å². The van der Waals surface area contributed by atoms with Crippen molar-refractivity contribution >= 4 is 17.7 Å². The second-order valence-corrected chi connectivity index (χ2v) is 6.94. The smallest absolute Gasteiger partial charge is 0.230 e. The van der Waals surface area contributed by atoms with Gasteiger partial charge in [0.2, 0.25) is 5.91 Å². The number of hydrogen-bond donors (Lipinski definition) is 1. The Morgan fingerprint density at radius 3 is 2.86 bits per heavy atom. The van der Waals surface area contributed by atoms with Crippen molar-refractivity contribution in [3.8, 4) is 11.5 Å². The van der Waals surface area contributed by atoms with Crippen molar-refractivity contribution in [3.63, 3.8) is 0 Å². The molecule has 2 aromatic heterocycles. The highest BCUT2D eigenvalue weighted by Crippen LogP contribution is 2.27. The van der Waals surface area contributed by atoms with Gasteiger partial charge in [-0.3, -0.25) is 4.79 Å². The normalized spacial score (nSPS) is 10.6. The lowest BCUT2D eigenvalue weighted by molar-refractivity contribution is -0.118. The number of hydrogen-bond acceptors (Lipinski definition) is 6. The fraction of sp³-hybridized carbons (Fsp3) is 0.300. The predicted octanol–water partition coefficient (Wildman–Crippen LogP) is 2.99. The van der Waals surface area contributed by atoms with E-state index in [-0.39, 0.29) is 5.91 Å². The van der Waals surface area contributed by atoms with Gasteiger partial charge in [-0.05, 0) is 36.2 Å². The molecule has 0 bridgehead atoms. The maximum absolute atomic E-state index is 12.1. The van der Waals surface area contributed by atoms with E-state index in [2.05, 4.69) is 10.3 Å². The third-order valence-electron chi connectivity index (χ3n) is 4.10. The second-order valence-electron chi connectivity index (χ2n) is 6.00. The number of aromatic nitrogens is 2. The largest absolute Gasteiger partial charge is 0.493 e. The Balaban J connectivity index is 1.44. The van der Waals surface area contributed by atoms with Gasteiger partial charge in [0, 0.05) is 18.9 Å². The third kappa shape index (κ3) is 5.32. The van der Waals surface area contributed by atoms with Gasteiger partial charge >= 0.3 is 0 Å². The topological polar surface area (TPSA) is 78.5 Å². The lowest BCUT2D eigenvalue weighted by atomic mass is 10.1. The van der Waals surface area contributed by atoms with E-state index in [0.717, 1.165) is 16.5 Å². The van der Waals surface area contributed by atoms with Gasteiger partial charge in [-0.25, -0.2) is 4.98 Å². The first-order valence-corrected chi connectivity index (χ1v) is 9.82. The average Bonchev–Trinajstić information content (AvgIpc) is 3.38. The van der Waals surface area contributed by atoms with Crippen molar-refractivity contribution in [1.82, 2.24) is 14.9 Å². The Morgan fingerprint density at radius 1 is 1.25 bits per heavy atom. The number of nitrogens with zero attached hydrogens (tertiary/aromatic N) is 2. The maximum atomic E-state index is 12.1. The molecule has 28 heavy (non-hydrogen) atoms. The predicted molar refractivity (Wildman–Crippen MR) is 107 cm³/mol. The Kier molecular flexibility index (Phi) is 7.02. The SMILES string of the molecule is COc1ccc(CCNC(=O)CSc2nccn2Cc2ccco2)cc1OC. The molecule has 0 atom stereocenters. The fourth-order valence-electron chi connectivity index (χ4n) is 2.69. The zero-order valence-electron chi connectivity index (χ0n) is 15.9. The van der Waals surface area contributed by atoms with Crippen LogP contribution in [0.15, 0.2) is 58.6 Å². The molecule has 2 heterocycles. The monoisotopic (exact) mass is 401 g/mol. The van der Waals surface area contributed by atoms with Crippen LogP contribution in [-0.4, -0.2) is 42.0 Å². The van der Waals surface area contributed by atoms with Crippen molar-refractivity contribution in [2.75, 3.05) is 26.5 Å². The zero-order chi connectivity index (χ0) is 19.8. The Hall–Kier alpha value is -2.87. The molecule has 0 saturated carbocycles. The van der Waals surface area contributed by atoms with Crippen LogP contribution in [0.25, 0.3) is 0 Å². The summed E-state index contributed by atoms with van der Waals surface area (Å²) in [6, 6.07) is 9.52. The zero-order valence-corrected chi connectivity index (χ0v) is 16.7. The van der Waals surface area contributed by atoms with Gasteiger partial charge in [-0.2, -0.15) is 0 Å². The Morgan fingerprint density at radius 2 is 2.11 bits per heavy atom. The molecule has 0 aliphatic heterocycles. The summed E-state index contributed by atoms with van der Waals surface area (Å²) in [5.74, 6) is 2.50. The highest BCUT2D eigenvalue weighted by atomic mass is 32.2. The van der Waals surface area contributed by atoms with Gasteiger partial charge in [-0.1, -0.05) is 17.8 Å². The molecule has 8 heteroatoms. The van der Waals surface area contributed by atoms with Gasteiger partial charge in [0.1, 0.15) is 5.76 Å². The first kappa shape index (κ1) is 19.9. The van der Waals surface area contributed by atoms with Crippen LogP contribution in [-0.2, 0) is 17.8 Å². The second kappa shape index (κ2) is 9.89. The number of rotatable bonds is 10. The summed E-state index contributed by atoms with van der Waals surface area (Å²) in [5, 5.41) is 3.72. The maximum Gasteiger partial charge on any atom is 0.230 e. The van der Waals surface area contributed by atoms with E-state index in [9.17, 15) is 4.79 Å². The lowest BCUT2D eigenvalue weighted by Crippen LogP contribution is -2.27. The van der Waals surface area contributed by atoms with Crippen molar-refractivity contribution < 1.29 is 18.7 Å². The van der Waals surface area contributed by atoms with Crippen LogP contribution < -0.4 is 14.8 Å². The number of carbonyl (C=O) groups excluding carboxylic acids is 1. The quantitative estimate of drug-likeness (QED) is 0.526. The van der Waals surface area contributed by atoms with Crippen LogP contribution in [0, 0.1) is 0 Å². The number of carbonyl (C=O) groups is 1. The number of methoxy groups -OCH3 is 2. The summed E-state index contributed by atoms with van der Waals surface area (Å²) in [4.78, 5) is 16.5. The van der Waals surface area contributed by atoms with E-state index >= 15 is 0 Å². The molecule has 0 unspecified atom stereocenters. The first-order valence-electron chi connectivity index (χ1n) is 8.83. The molecule has 3 rings (SSSR count). The molecule has 0 fully saturated rings. The molecular formula is C20H23N3O4S. The number of ether oxygens (including phenoxy) is 2. The summed E-state index contributed by atoms with van der Waals surface area (Å²) >= 11 is 1.40. The van der Waals surface area contributed by atoms with Crippen LogP contribution in [0.4, 0.5) is 0 Å². The average molecular weight is 401 g/mol. The minimum atomic E-state index is -0.0296.